The van der Waals surface area contributed by atoms with Crippen LogP contribution in [0.1, 0.15) is 175 Å². The van der Waals surface area contributed by atoms with Crippen LogP contribution < -0.4 is 0 Å². The molecule has 0 aliphatic carbocycles. The molecule has 0 aromatic heterocycles. The second-order valence-electron chi connectivity index (χ2n) is 13.2. The van der Waals surface area contributed by atoms with E-state index in [9.17, 15) is 9.59 Å². The molecular formula is C45H76O5. The zero-order valence-corrected chi connectivity index (χ0v) is 32.6. The lowest BCUT2D eigenvalue weighted by molar-refractivity contribution is -0.162. The Kier molecular flexibility index (Phi) is 38.6. The van der Waals surface area contributed by atoms with Crippen molar-refractivity contribution in [2.45, 2.75) is 181 Å². The fraction of sp³-hybridized carbons (Fsp3) is 0.689. The fourth-order valence-corrected chi connectivity index (χ4v) is 5.22. The van der Waals surface area contributed by atoms with Crippen LogP contribution in [0.3, 0.4) is 0 Å². The van der Waals surface area contributed by atoms with Crippen molar-refractivity contribution in [3.8, 4) is 0 Å². The van der Waals surface area contributed by atoms with Crippen molar-refractivity contribution in [2.24, 2.45) is 0 Å². The van der Waals surface area contributed by atoms with Crippen LogP contribution in [0.5, 0.6) is 0 Å². The molecular weight excluding hydrogens is 620 g/mol. The maximum absolute atomic E-state index is 12.5. The summed E-state index contributed by atoms with van der Waals surface area (Å²) in [6.07, 6.45) is 50.9. The molecule has 1 atom stereocenters. The second kappa shape index (κ2) is 40.8. The summed E-state index contributed by atoms with van der Waals surface area (Å²) in [7, 11) is 0. The van der Waals surface area contributed by atoms with Crippen LogP contribution in [0.2, 0.25) is 0 Å². The molecule has 0 aliphatic rings. The number of allylic oxidation sites excluding steroid dienone is 11. The molecule has 0 radical (unpaired) electrons. The minimum Gasteiger partial charge on any atom is -0.461 e. The second-order valence-corrected chi connectivity index (χ2v) is 13.2. The fourth-order valence-electron chi connectivity index (χ4n) is 5.22. The topological polar surface area (TPSA) is 61.8 Å². The van der Waals surface area contributed by atoms with Crippen LogP contribution in [-0.2, 0) is 23.8 Å². The predicted molar refractivity (Wildman–Crippen MR) is 214 cm³/mol. The molecule has 1 unspecified atom stereocenters. The molecule has 0 rings (SSSR count). The number of carbonyl (C=O) groups excluding carboxylic acids is 2. The van der Waals surface area contributed by atoms with Crippen LogP contribution in [0.25, 0.3) is 0 Å². The van der Waals surface area contributed by atoms with Gasteiger partial charge in [0.05, 0.1) is 13.0 Å². The first-order valence-electron chi connectivity index (χ1n) is 20.5. The first-order chi connectivity index (χ1) is 24.6. The largest absolute Gasteiger partial charge is 0.461 e. The summed E-state index contributed by atoms with van der Waals surface area (Å²) in [5.41, 5.74) is 0. The highest BCUT2D eigenvalue weighted by molar-refractivity contribution is 5.71. The van der Waals surface area contributed by atoms with Gasteiger partial charge in [-0.05, 0) is 70.6 Å². The van der Waals surface area contributed by atoms with Crippen molar-refractivity contribution in [3.63, 3.8) is 0 Å². The molecule has 5 heteroatoms. The summed E-state index contributed by atoms with van der Waals surface area (Å²) in [6, 6.07) is 0. The summed E-state index contributed by atoms with van der Waals surface area (Å²) >= 11 is 0. The SMILES string of the molecule is CC/C=C\C/C=C\C/C=C\C/C=C\C/C=C\CC(=O)OCC(COCCCCCCCC/C=C\CCCCCC)OC(=O)CCCCCCC. The molecule has 0 heterocycles. The third-order valence-corrected chi connectivity index (χ3v) is 8.26. The highest BCUT2D eigenvalue weighted by atomic mass is 16.6. The van der Waals surface area contributed by atoms with Crippen molar-refractivity contribution in [3.05, 3.63) is 72.9 Å². The number of hydrogen-bond donors (Lipinski definition) is 0. The first kappa shape index (κ1) is 47.3. The Hall–Kier alpha value is -2.66. The van der Waals surface area contributed by atoms with Crippen molar-refractivity contribution >= 4 is 11.9 Å². The molecule has 0 fully saturated rings. The molecule has 0 N–H and O–H groups in total. The van der Waals surface area contributed by atoms with E-state index in [0.29, 0.717) is 13.0 Å². The Morgan fingerprint density at radius 1 is 0.480 bits per heavy atom. The molecule has 0 saturated carbocycles. The third-order valence-electron chi connectivity index (χ3n) is 8.26. The smallest absolute Gasteiger partial charge is 0.309 e. The van der Waals surface area contributed by atoms with Crippen LogP contribution in [0, 0.1) is 0 Å². The maximum atomic E-state index is 12.5. The molecule has 0 saturated heterocycles. The van der Waals surface area contributed by atoms with E-state index in [1.165, 1.54) is 77.0 Å². The van der Waals surface area contributed by atoms with Gasteiger partial charge in [-0.25, -0.2) is 0 Å². The van der Waals surface area contributed by atoms with Gasteiger partial charge in [0, 0.05) is 13.0 Å². The highest BCUT2D eigenvalue weighted by Gasteiger charge is 2.17. The van der Waals surface area contributed by atoms with E-state index in [2.05, 4.69) is 81.5 Å². The van der Waals surface area contributed by atoms with Crippen LogP contribution in [0.4, 0.5) is 0 Å². The van der Waals surface area contributed by atoms with Crippen molar-refractivity contribution in [1.82, 2.24) is 0 Å². The summed E-state index contributed by atoms with van der Waals surface area (Å²) < 4.78 is 17.0. The molecule has 5 nitrogen and oxygen atoms in total. The quantitative estimate of drug-likeness (QED) is 0.0371. The van der Waals surface area contributed by atoms with E-state index in [4.69, 9.17) is 14.2 Å². The summed E-state index contributed by atoms with van der Waals surface area (Å²) in [4.78, 5) is 24.9. The number of esters is 2. The van der Waals surface area contributed by atoms with Gasteiger partial charge in [0.2, 0.25) is 0 Å². The zero-order valence-electron chi connectivity index (χ0n) is 32.6. The molecule has 0 bridgehead atoms. The number of rotatable bonds is 36. The summed E-state index contributed by atoms with van der Waals surface area (Å²) in [6.45, 7) is 7.48. The van der Waals surface area contributed by atoms with Gasteiger partial charge in [-0.2, -0.15) is 0 Å². The maximum Gasteiger partial charge on any atom is 0.309 e. The van der Waals surface area contributed by atoms with Gasteiger partial charge < -0.3 is 14.2 Å². The van der Waals surface area contributed by atoms with E-state index in [1.807, 2.05) is 12.2 Å². The van der Waals surface area contributed by atoms with Crippen molar-refractivity contribution < 1.29 is 23.8 Å². The van der Waals surface area contributed by atoms with Gasteiger partial charge in [0.15, 0.2) is 6.10 Å². The Balaban J connectivity index is 4.26. The lowest BCUT2D eigenvalue weighted by Crippen LogP contribution is -2.30. The van der Waals surface area contributed by atoms with Crippen molar-refractivity contribution in [2.75, 3.05) is 19.8 Å². The van der Waals surface area contributed by atoms with Crippen molar-refractivity contribution in [1.29, 1.82) is 0 Å². The number of carbonyl (C=O) groups is 2. The molecule has 50 heavy (non-hydrogen) atoms. The zero-order chi connectivity index (χ0) is 36.4. The Labute approximate surface area is 308 Å². The Morgan fingerprint density at radius 3 is 1.54 bits per heavy atom. The molecule has 0 spiro atoms. The van der Waals surface area contributed by atoms with Gasteiger partial charge >= 0.3 is 11.9 Å². The van der Waals surface area contributed by atoms with E-state index < -0.39 is 6.10 Å². The molecule has 0 aromatic rings. The van der Waals surface area contributed by atoms with E-state index in [0.717, 1.165) is 64.2 Å². The number of unbranched alkanes of at least 4 members (excludes halogenated alkanes) is 14. The van der Waals surface area contributed by atoms with E-state index in [-0.39, 0.29) is 31.6 Å². The van der Waals surface area contributed by atoms with E-state index in [1.54, 1.807) is 0 Å². The van der Waals surface area contributed by atoms with Crippen LogP contribution in [0.15, 0.2) is 72.9 Å². The Bertz CT molecular complexity index is 926. The standard InChI is InChI=1S/C45H76O5/c1-4-7-10-13-15-17-19-21-23-24-26-28-30-33-35-38-44(46)49-42-43(50-45(47)39-36-32-12-9-6-3)41-48-40-37-34-31-29-27-25-22-20-18-16-14-11-8-5-2/h7,10,15,17-18,20-21,23,26,28,33,35,43H,4-6,8-9,11-14,16,19,22,24-25,27,29-32,34,36-42H2,1-3H3/b10-7-,17-15-,20-18-,23-21-,28-26-,35-33-. The van der Waals surface area contributed by atoms with Gasteiger partial charge in [0.25, 0.3) is 0 Å². The summed E-state index contributed by atoms with van der Waals surface area (Å²) in [5.74, 6) is -0.565. The van der Waals surface area contributed by atoms with Crippen LogP contribution >= 0.6 is 0 Å². The summed E-state index contributed by atoms with van der Waals surface area (Å²) in [5, 5.41) is 0. The monoisotopic (exact) mass is 697 g/mol. The average molecular weight is 697 g/mol. The molecule has 286 valence electrons. The van der Waals surface area contributed by atoms with Gasteiger partial charge in [0.1, 0.15) is 6.61 Å². The van der Waals surface area contributed by atoms with Gasteiger partial charge in [-0.15, -0.1) is 0 Å². The van der Waals surface area contributed by atoms with Gasteiger partial charge in [-0.3, -0.25) is 9.59 Å². The molecule has 0 amide bonds. The normalized spacial score (nSPS) is 12.9. The third kappa shape index (κ3) is 38.1. The first-order valence-corrected chi connectivity index (χ1v) is 20.5. The van der Waals surface area contributed by atoms with Gasteiger partial charge in [-0.1, -0.05) is 164 Å². The minimum absolute atomic E-state index is 0.0261. The minimum atomic E-state index is -0.574. The molecule has 0 aromatic carbocycles. The highest BCUT2D eigenvalue weighted by Crippen LogP contribution is 2.11. The predicted octanol–water partition coefficient (Wildman–Crippen LogP) is 13.2. The van der Waals surface area contributed by atoms with E-state index >= 15 is 0 Å². The van der Waals surface area contributed by atoms with Crippen LogP contribution in [-0.4, -0.2) is 37.9 Å². The lowest BCUT2D eigenvalue weighted by Gasteiger charge is -2.18. The number of ether oxygens (including phenoxy) is 3. The lowest BCUT2D eigenvalue weighted by atomic mass is 10.1. The number of hydrogen-bond acceptors (Lipinski definition) is 5. The average Bonchev–Trinajstić information content (AvgIpc) is 3.11. The molecule has 0 aliphatic heterocycles. The Morgan fingerprint density at radius 2 is 0.960 bits per heavy atom.